The second kappa shape index (κ2) is 5.81. The lowest BCUT2D eigenvalue weighted by Crippen LogP contribution is -2.20. The number of rotatable bonds is 4. The first-order valence-corrected chi connectivity index (χ1v) is 7.36. The second-order valence-electron chi connectivity index (χ2n) is 5.48. The van der Waals surface area contributed by atoms with Gasteiger partial charge in [-0.05, 0) is 37.6 Å². The monoisotopic (exact) mass is 288 g/mol. The highest BCUT2D eigenvalue weighted by Crippen LogP contribution is 2.21. The molecular weight excluding hydrogens is 268 g/mol. The number of carbonyl (C=O) groups excluding carboxylic acids is 1. The standard InChI is InChI=1S/C15H20N4O2/c1-3-18-8-6-11(10-18)9-13-16-17-14-12(15(20)21-2)5-4-7-19(13)14/h4-5,7,11H,3,6,8-10H2,1-2H3. The summed E-state index contributed by atoms with van der Waals surface area (Å²) in [6.07, 6.45) is 3.99. The number of pyridine rings is 1. The maximum absolute atomic E-state index is 11.8. The van der Waals surface area contributed by atoms with Crippen molar-refractivity contribution in [3.63, 3.8) is 0 Å². The molecule has 1 atom stereocenters. The van der Waals surface area contributed by atoms with Gasteiger partial charge in [-0.1, -0.05) is 6.92 Å². The number of hydrogen-bond donors (Lipinski definition) is 0. The molecule has 112 valence electrons. The highest BCUT2D eigenvalue weighted by molar-refractivity contribution is 5.95. The van der Waals surface area contributed by atoms with Crippen molar-refractivity contribution in [2.75, 3.05) is 26.7 Å². The molecule has 0 aliphatic carbocycles. The van der Waals surface area contributed by atoms with Crippen LogP contribution in [0.2, 0.25) is 0 Å². The predicted octanol–water partition coefficient (Wildman–Crippen LogP) is 1.40. The molecule has 0 N–H and O–H groups in total. The van der Waals surface area contributed by atoms with E-state index in [1.54, 1.807) is 6.07 Å². The summed E-state index contributed by atoms with van der Waals surface area (Å²) in [6, 6.07) is 3.55. The summed E-state index contributed by atoms with van der Waals surface area (Å²) in [5.41, 5.74) is 1.03. The van der Waals surface area contributed by atoms with Crippen LogP contribution in [0.3, 0.4) is 0 Å². The summed E-state index contributed by atoms with van der Waals surface area (Å²) >= 11 is 0. The zero-order valence-electron chi connectivity index (χ0n) is 12.5. The van der Waals surface area contributed by atoms with Crippen LogP contribution in [0.4, 0.5) is 0 Å². The van der Waals surface area contributed by atoms with Crippen molar-refractivity contribution in [2.24, 2.45) is 5.92 Å². The van der Waals surface area contributed by atoms with Crippen LogP contribution >= 0.6 is 0 Å². The van der Waals surface area contributed by atoms with Gasteiger partial charge < -0.3 is 9.64 Å². The first kappa shape index (κ1) is 14.0. The van der Waals surface area contributed by atoms with Crippen molar-refractivity contribution in [2.45, 2.75) is 19.8 Å². The topological polar surface area (TPSA) is 59.7 Å². The molecule has 6 nitrogen and oxygen atoms in total. The minimum atomic E-state index is -0.377. The molecule has 0 aromatic carbocycles. The fraction of sp³-hybridized carbons (Fsp3) is 0.533. The molecule has 2 aromatic heterocycles. The lowest BCUT2D eigenvalue weighted by molar-refractivity contribution is 0.0602. The van der Waals surface area contributed by atoms with E-state index < -0.39 is 0 Å². The van der Waals surface area contributed by atoms with E-state index in [9.17, 15) is 4.79 Å². The number of carbonyl (C=O) groups is 1. The Morgan fingerprint density at radius 3 is 3.05 bits per heavy atom. The zero-order chi connectivity index (χ0) is 14.8. The van der Waals surface area contributed by atoms with Gasteiger partial charge in [0.1, 0.15) is 11.4 Å². The van der Waals surface area contributed by atoms with Crippen molar-refractivity contribution < 1.29 is 9.53 Å². The maximum atomic E-state index is 11.8. The molecule has 0 radical (unpaired) electrons. The molecule has 1 aliphatic rings. The van der Waals surface area contributed by atoms with Gasteiger partial charge in [0.15, 0.2) is 5.65 Å². The van der Waals surface area contributed by atoms with Gasteiger partial charge in [0.2, 0.25) is 0 Å². The van der Waals surface area contributed by atoms with Crippen LogP contribution in [0.25, 0.3) is 5.65 Å². The Kier molecular flexibility index (Phi) is 3.88. The number of esters is 1. The number of ether oxygens (including phenoxy) is 1. The van der Waals surface area contributed by atoms with Gasteiger partial charge in [-0.25, -0.2) is 4.79 Å². The van der Waals surface area contributed by atoms with Gasteiger partial charge >= 0.3 is 5.97 Å². The van der Waals surface area contributed by atoms with Crippen molar-refractivity contribution in [3.8, 4) is 0 Å². The van der Waals surface area contributed by atoms with Gasteiger partial charge in [-0.15, -0.1) is 10.2 Å². The highest BCUT2D eigenvalue weighted by Gasteiger charge is 2.24. The number of fused-ring (bicyclic) bond motifs is 1. The minimum Gasteiger partial charge on any atom is -0.465 e. The van der Waals surface area contributed by atoms with Crippen molar-refractivity contribution in [3.05, 3.63) is 29.7 Å². The largest absolute Gasteiger partial charge is 0.465 e. The molecule has 21 heavy (non-hydrogen) atoms. The van der Waals surface area contributed by atoms with E-state index >= 15 is 0 Å². The molecule has 6 heteroatoms. The van der Waals surface area contributed by atoms with Crippen LogP contribution in [-0.2, 0) is 11.2 Å². The number of hydrogen-bond acceptors (Lipinski definition) is 5. The summed E-state index contributed by atoms with van der Waals surface area (Å²) in [5.74, 6) is 1.15. The van der Waals surface area contributed by atoms with Crippen LogP contribution in [0, 0.1) is 5.92 Å². The highest BCUT2D eigenvalue weighted by atomic mass is 16.5. The molecule has 1 unspecified atom stereocenters. The van der Waals surface area contributed by atoms with Crippen LogP contribution in [0.15, 0.2) is 18.3 Å². The van der Waals surface area contributed by atoms with Crippen molar-refractivity contribution >= 4 is 11.6 Å². The molecule has 3 heterocycles. The van der Waals surface area contributed by atoms with Crippen molar-refractivity contribution in [1.82, 2.24) is 19.5 Å². The predicted molar refractivity (Wildman–Crippen MR) is 78.3 cm³/mol. The lowest BCUT2D eigenvalue weighted by atomic mass is 10.0. The summed E-state index contributed by atoms with van der Waals surface area (Å²) in [7, 11) is 1.38. The average molecular weight is 288 g/mol. The maximum Gasteiger partial charge on any atom is 0.341 e. The molecule has 1 fully saturated rings. The Balaban J connectivity index is 1.86. The molecular formula is C15H20N4O2. The first-order valence-electron chi connectivity index (χ1n) is 7.36. The number of aromatic nitrogens is 3. The Morgan fingerprint density at radius 2 is 2.33 bits per heavy atom. The fourth-order valence-corrected chi connectivity index (χ4v) is 3.00. The van der Waals surface area contributed by atoms with E-state index in [4.69, 9.17) is 4.74 Å². The third kappa shape index (κ3) is 2.63. The van der Waals surface area contributed by atoms with E-state index in [1.807, 2.05) is 16.7 Å². The molecule has 0 bridgehead atoms. The number of nitrogens with zero attached hydrogens (tertiary/aromatic N) is 4. The Bertz CT molecular complexity index is 652. The van der Waals surface area contributed by atoms with Crippen LogP contribution < -0.4 is 0 Å². The quantitative estimate of drug-likeness (QED) is 0.796. The van der Waals surface area contributed by atoms with Crippen LogP contribution in [0.5, 0.6) is 0 Å². The van der Waals surface area contributed by atoms with E-state index in [-0.39, 0.29) is 5.97 Å². The lowest BCUT2D eigenvalue weighted by Gasteiger charge is -2.12. The summed E-state index contributed by atoms with van der Waals surface area (Å²) in [4.78, 5) is 14.2. The van der Waals surface area contributed by atoms with Gasteiger partial charge in [0, 0.05) is 19.2 Å². The Hall–Kier alpha value is -1.95. The van der Waals surface area contributed by atoms with Gasteiger partial charge in [-0.3, -0.25) is 4.40 Å². The van der Waals surface area contributed by atoms with Gasteiger partial charge in [0.05, 0.1) is 7.11 Å². The number of methoxy groups -OCH3 is 1. The number of likely N-dealkylation sites (tertiary alicyclic amines) is 1. The summed E-state index contributed by atoms with van der Waals surface area (Å²) < 4.78 is 6.69. The fourth-order valence-electron chi connectivity index (χ4n) is 3.00. The SMILES string of the molecule is CCN1CCC(Cc2nnc3c(C(=O)OC)cccn23)C1. The van der Waals surface area contributed by atoms with E-state index in [0.29, 0.717) is 17.1 Å². The molecule has 1 saturated heterocycles. The Labute approximate surface area is 123 Å². The molecule has 0 spiro atoms. The smallest absolute Gasteiger partial charge is 0.341 e. The molecule has 1 aliphatic heterocycles. The van der Waals surface area contributed by atoms with Crippen LogP contribution in [0.1, 0.15) is 29.5 Å². The molecule has 2 aromatic rings. The Morgan fingerprint density at radius 1 is 1.48 bits per heavy atom. The third-order valence-electron chi connectivity index (χ3n) is 4.20. The first-order chi connectivity index (χ1) is 10.2. The molecule has 0 saturated carbocycles. The second-order valence-corrected chi connectivity index (χ2v) is 5.48. The van der Waals surface area contributed by atoms with Crippen molar-refractivity contribution in [1.29, 1.82) is 0 Å². The summed E-state index contributed by atoms with van der Waals surface area (Å²) in [6.45, 7) is 5.56. The third-order valence-corrected chi connectivity index (χ3v) is 4.20. The minimum absolute atomic E-state index is 0.377. The van der Waals surface area contributed by atoms with E-state index in [1.165, 1.54) is 13.5 Å². The van der Waals surface area contributed by atoms with Gasteiger partial charge in [0.25, 0.3) is 0 Å². The molecule has 0 amide bonds. The van der Waals surface area contributed by atoms with Gasteiger partial charge in [-0.2, -0.15) is 0 Å². The average Bonchev–Trinajstić information content (AvgIpc) is 3.14. The molecule has 3 rings (SSSR count). The zero-order valence-corrected chi connectivity index (χ0v) is 12.5. The summed E-state index contributed by atoms with van der Waals surface area (Å²) in [5, 5.41) is 8.44. The normalized spacial score (nSPS) is 19.2. The van der Waals surface area contributed by atoms with E-state index in [2.05, 4.69) is 22.0 Å². The van der Waals surface area contributed by atoms with E-state index in [0.717, 1.165) is 31.9 Å². The van der Waals surface area contributed by atoms with Crippen LogP contribution in [-0.4, -0.2) is 52.2 Å².